The number of hydrogen-bond donors (Lipinski definition) is 3. The minimum Gasteiger partial charge on any atom is -0.480 e. The average molecular weight is 272 g/mol. The zero-order valence-corrected chi connectivity index (χ0v) is 12.5. The third kappa shape index (κ3) is 7.70. The van der Waals surface area contributed by atoms with Gasteiger partial charge in [-0.2, -0.15) is 0 Å². The summed E-state index contributed by atoms with van der Waals surface area (Å²) < 4.78 is 0. The van der Waals surface area contributed by atoms with E-state index in [2.05, 4.69) is 17.6 Å². The van der Waals surface area contributed by atoms with E-state index < -0.39 is 18.0 Å². The molecule has 0 aliphatic heterocycles. The maximum atomic E-state index is 11.7. The Morgan fingerprint density at radius 2 is 1.74 bits per heavy atom. The molecule has 2 unspecified atom stereocenters. The Balaban J connectivity index is 4.15. The summed E-state index contributed by atoms with van der Waals surface area (Å²) in [6.07, 6.45) is 5.00. The van der Waals surface area contributed by atoms with Crippen LogP contribution in [0.5, 0.6) is 0 Å². The Bertz CT molecular complexity index is 282. The second-order valence-electron chi connectivity index (χ2n) is 5.22. The monoisotopic (exact) mass is 272 g/mol. The van der Waals surface area contributed by atoms with Crippen LogP contribution in [0.4, 0.5) is 4.79 Å². The first-order valence-electron chi connectivity index (χ1n) is 7.22. The maximum absolute atomic E-state index is 11.7. The number of amides is 2. The first-order chi connectivity index (χ1) is 8.92. The van der Waals surface area contributed by atoms with E-state index >= 15 is 0 Å². The largest absolute Gasteiger partial charge is 0.480 e. The molecule has 0 saturated carbocycles. The topological polar surface area (TPSA) is 78.4 Å². The van der Waals surface area contributed by atoms with Crippen molar-refractivity contribution >= 4 is 12.0 Å². The van der Waals surface area contributed by atoms with Gasteiger partial charge in [0, 0.05) is 6.04 Å². The van der Waals surface area contributed by atoms with Crippen molar-refractivity contribution in [2.24, 2.45) is 5.92 Å². The number of rotatable bonds is 9. The predicted molar refractivity (Wildman–Crippen MR) is 76.2 cm³/mol. The van der Waals surface area contributed by atoms with Crippen LogP contribution in [0.15, 0.2) is 0 Å². The number of aliphatic carboxylic acids is 1. The van der Waals surface area contributed by atoms with Crippen molar-refractivity contribution in [2.75, 3.05) is 0 Å². The summed E-state index contributed by atoms with van der Waals surface area (Å²) in [7, 11) is 0. The standard InChI is InChI=1S/C14H28N2O3/c1-5-7-8-9-11(4)15-14(19)16-12(13(17)18)10(3)6-2/h10-12H,5-9H2,1-4H3,(H,17,18)(H2,15,16,19)/t10?,11?,12-/m0/s1. The lowest BCUT2D eigenvalue weighted by Crippen LogP contribution is -2.50. The van der Waals surface area contributed by atoms with Gasteiger partial charge >= 0.3 is 12.0 Å². The van der Waals surface area contributed by atoms with E-state index in [9.17, 15) is 9.59 Å². The molecule has 0 aromatic heterocycles. The lowest BCUT2D eigenvalue weighted by molar-refractivity contribution is -0.140. The number of nitrogens with one attached hydrogen (secondary N) is 2. The summed E-state index contributed by atoms with van der Waals surface area (Å²) in [5.74, 6) is -1.07. The number of carboxylic acid groups (broad SMARTS) is 1. The fraction of sp³-hybridized carbons (Fsp3) is 0.857. The van der Waals surface area contributed by atoms with Gasteiger partial charge in [-0.15, -0.1) is 0 Å². The number of carbonyl (C=O) groups is 2. The van der Waals surface area contributed by atoms with Crippen molar-refractivity contribution in [1.82, 2.24) is 10.6 Å². The molecule has 0 aromatic carbocycles. The van der Waals surface area contributed by atoms with Crippen LogP contribution in [0.1, 0.15) is 59.8 Å². The summed E-state index contributed by atoms with van der Waals surface area (Å²) in [4.78, 5) is 22.8. The molecule has 2 amide bonds. The molecular weight excluding hydrogens is 244 g/mol. The van der Waals surface area contributed by atoms with E-state index in [1.807, 2.05) is 20.8 Å². The third-order valence-corrected chi connectivity index (χ3v) is 3.38. The van der Waals surface area contributed by atoms with E-state index in [0.717, 1.165) is 25.7 Å². The van der Waals surface area contributed by atoms with Crippen molar-refractivity contribution in [3.8, 4) is 0 Å². The van der Waals surface area contributed by atoms with Gasteiger partial charge in [0.15, 0.2) is 0 Å². The van der Waals surface area contributed by atoms with Crippen LogP contribution in [-0.2, 0) is 4.79 Å². The fourth-order valence-corrected chi connectivity index (χ4v) is 1.86. The zero-order chi connectivity index (χ0) is 14.8. The molecule has 0 heterocycles. The summed E-state index contributed by atoms with van der Waals surface area (Å²) in [5, 5.41) is 14.4. The van der Waals surface area contributed by atoms with Crippen LogP contribution < -0.4 is 10.6 Å². The van der Waals surface area contributed by atoms with Gasteiger partial charge in [0.2, 0.25) is 0 Å². The molecule has 19 heavy (non-hydrogen) atoms. The molecule has 0 spiro atoms. The average Bonchev–Trinajstić information content (AvgIpc) is 2.35. The van der Waals surface area contributed by atoms with Gasteiger partial charge in [-0.05, 0) is 19.3 Å². The quantitative estimate of drug-likeness (QED) is 0.565. The Kier molecular flexibility index (Phi) is 9.00. The first-order valence-corrected chi connectivity index (χ1v) is 7.22. The summed E-state index contributed by atoms with van der Waals surface area (Å²) in [6.45, 7) is 7.81. The van der Waals surface area contributed by atoms with Gasteiger partial charge in [-0.1, -0.05) is 46.5 Å². The lowest BCUT2D eigenvalue weighted by atomic mass is 9.99. The minimum absolute atomic E-state index is 0.0675. The fourth-order valence-electron chi connectivity index (χ4n) is 1.86. The Labute approximate surface area is 116 Å². The summed E-state index contributed by atoms with van der Waals surface area (Å²) >= 11 is 0. The molecule has 5 heteroatoms. The van der Waals surface area contributed by atoms with E-state index in [-0.39, 0.29) is 12.0 Å². The van der Waals surface area contributed by atoms with E-state index in [1.54, 1.807) is 0 Å². The smallest absolute Gasteiger partial charge is 0.326 e. The van der Waals surface area contributed by atoms with Crippen LogP contribution in [0.2, 0.25) is 0 Å². The lowest BCUT2D eigenvalue weighted by Gasteiger charge is -2.22. The molecule has 0 bridgehead atoms. The van der Waals surface area contributed by atoms with Gasteiger partial charge in [0.1, 0.15) is 6.04 Å². The molecule has 3 atom stereocenters. The van der Waals surface area contributed by atoms with Crippen molar-refractivity contribution in [1.29, 1.82) is 0 Å². The number of urea groups is 1. The molecule has 0 aliphatic carbocycles. The van der Waals surface area contributed by atoms with E-state index in [4.69, 9.17) is 5.11 Å². The van der Waals surface area contributed by atoms with Crippen molar-refractivity contribution < 1.29 is 14.7 Å². The Morgan fingerprint density at radius 3 is 2.21 bits per heavy atom. The van der Waals surface area contributed by atoms with E-state index in [1.165, 1.54) is 0 Å². The second-order valence-corrected chi connectivity index (χ2v) is 5.22. The highest BCUT2D eigenvalue weighted by Gasteiger charge is 2.25. The Hall–Kier alpha value is -1.26. The molecule has 0 aromatic rings. The molecule has 0 aliphatic rings. The maximum Gasteiger partial charge on any atom is 0.326 e. The first kappa shape index (κ1) is 17.7. The normalized spacial score (nSPS) is 15.4. The molecule has 3 N–H and O–H groups in total. The highest BCUT2D eigenvalue weighted by Crippen LogP contribution is 2.08. The second kappa shape index (κ2) is 9.64. The van der Waals surface area contributed by atoms with Gasteiger partial charge in [0.05, 0.1) is 0 Å². The van der Waals surface area contributed by atoms with Crippen LogP contribution in [0.25, 0.3) is 0 Å². The molecule has 0 rings (SSSR count). The minimum atomic E-state index is -0.983. The summed E-state index contributed by atoms with van der Waals surface area (Å²) in [6, 6.07) is -1.15. The molecule has 0 radical (unpaired) electrons. The van der Waals surface area contributed by atoms with Crippen LogP contribution >= 0.6 is 0 Å². The molecule has 0 fully saturated rings. The van der Waals surface area contributed by atoms with Crippen LogP contribution in [0, 0.1) is 5.92 Å². The van der Waals surface area contributed by atoms with Gasteiger partial charge in [-0.25, -0.2) is 9.59 Å². The van der Waals surface area contributed by atoms with Gasteiger partial charge < -0.3 is 15.7 Å². The van der Waals surface area contributed by atoms with Crippen LogP contribution in [0.3, 0.4) is 0 Å². The van der Waals surface area contributed by atoms with Gasteiger partial charge in [0.25, 0.3) is 0 Å². The number of carbonyl (C=O) groups excluding carboxylic acids is 1. The highest BCUT2D eigenvalue weighted by molar-refractivity contribution is 5.82. The third-order valence-electron chi connectivity index (χ3n) is 3.38. The highest BCUT2D eigenvalue weighted by atomic mass is 16.4. The predicted octanol–water partition coefficient (Wildman–Crippen LogP) is 2.75. The molecule has 5 nitrogen and oxygen atoms in total. The SMILES string of the molecule is CCCCCC(C)NC(=O)N[C@H](C(=O)O)C(C)CC. The van der Waals surface area contributed by atoms with Crippen molar-refractivity contribution in [3.63, 3.8) is 0 Å². The number of carboxylic acids is 1. The molecule has 112 valence electrons. The Morgan fingerprint density at radius 1 is 1.11 bits per heavy atom. The number of hydrogen-bond acceptors (Lipinski definition) is 2. The molecular formula is C14H28N2O3. The van der Waals surface area contributed by atoms with Crippen molar-refractivity contribution in [3.05, 3.63) is 0 Å². The van der Waals surface area contributed by atoms with Crippen molar-refractivity contribution in [2.45, 2.75) is 71.9 Å². The molecule has 0 saturated heterocycles. The van der Waals surface area contributed by atoms with Gasteiger partial charge in [-0.3, -0.25) is 0 Å². The van der Waals surface area contributed by atoms with Crippen LogP contribution in [-0.4, -0.2) is 29.2 Å². The zero-order valence-electron chi connectivity index (χ0n) is 12.5. The van der Waals surface area contributed by atoms with E-state index in [0.29, 0.717) is 6.42 Å². The number of unbranched alkanes of at least 4 members (excludes halogenated alkanes) is 2. The summed E-state index contributed by atoms with van der Waals surface area (Å²) in [5.41, 5.74) is 0.